The summed E-state index contributed by atoms with van der Waals surface area (Å²) in [7, 11) is 0. The van der Waals surface area contributed by atoms with Crippen molar-refractivity contribution in [2.45, 2.75) is 65.2 Å². The number of rotatable bonds is 11. The fourth-order valence-electron chi connectivity index (χ4n) is 6.21. The standard InChI is InChI=1S/C26H30O12/c1-3-11-13(21(29)35-19(11)27)5-7-15-17(25(33)37-23(15)31)9-10-18-16(24(32)38-26(18)34)8-6-14-12(4-2)20(28)36-22(14)30/h11-18H,3-10H2,1-2H3. The molecule has 0 spiro atoms. The topological polar surface area (TPSA) is 173 Å². The summed E-state index contributed by atoms with van der Waals surface area (Å²) in [6.45, 7) is 3.50. The number of carbonyl (C=O) groups excluding carboxylic acids is 8. The maximum Gasteiger partial charge on any atom is 0.317 e. The molecule has 4 aliphatic rings. The first-order valence-electron chi connectivity index (χ1n) is 13.1. The third-order valence-electron chi connectivity index (χ3n) is 8.42. The molecule has 12 heteroatoms. The predicted octanol–water partition coefficient (Wildman–Crippen LogP) is 1.41. The number of hydrogen-bond acceptors (Lipinski definition) is 12. The Morgan fingerprint density at radius 2 is 0.500 bits per heavy atom. The van der Waals surface area contributed by atoms with Crippen LogP contribution < -0.4 is 0 Å². The number of ether oxygens (including phenoxy) is 4. The van der Waals surface area contributed by atoms with Gasteiger partial charge in [-0.3, -0.25) is 38.4 Å². The lowest BCUT2D eigenvalue weighted by Crippen LogP contribution is -2.25. The van der Waals surface area contributed by atoms with Crippen molar-refractivity contribution in [3.8, 4) is 0 Å². The van der Waals surface area contributed by atoms with Crippen LogP contribution >= 0.6 is 0 Å². The van der Waals surface area contributed by atoms with E-state index in [0.29, 0.717) is 12.8 Å². The molecule has 0 N–H and O–H groups in total. The van der Waals surface area contributed by atoms with E-state index in [1.165, 1.54) is 0 Å². The molecule has 4 fully saturated rings. The summed E-state index contributed by atoms with van der Waals surface area (Å²) in [5, 5.41) is 0. The van der Waals surface area contributed by atoms with Crippen LogP contribution in [0.25, 0.3) is 0 Å². The van der Waals surface area contributed by atoms with E-state index in [2.05, 4.69) is 0 Å². The fourth-order valence-corrected chi connectivity index (χ4v) is 6.21. The molecule has 0 bridgehead atoms. The van der Waals surface area contributed by atoms with E-state index in [1.807, 2.05) is 0 Å². The van der Waals surface area contributed by atoms with Crippen molar-refractivity contribution in [3.05, 3.63) is 0 Å². The fraction of sp³-hybridized carbons (Fsp3) is 0.692. The van der Waals surface area contributed by atoms with E-state index >= 15 is 0 Å². The highest BCUT2D eigenvalue weighted by molar-refractivity contribution is 5.99. The number of hydrogen-bond donors (Lipinski definition) is 0. The molecule has 8 unspecified atom stereocenters. The Bertz CT molecular complexity index is 992. The normalized spacial score (nSPS) is 35.1. The maximum absolute atomic E-state index is 12.4. The van der Waals surface area contributed by atoms with Crippen molar-refractivity contribution in [1.82, 2.24) is 0 Å². The van der Waals surface area contributed by atoms with Gasteiger partial charge in [0.05, 0.1) is 47.3 Å². The van der Waals surface area contributed by atoms with Gasteiger partial charge in [-0.2, -0.15) is 0 Å². The average Bonchev–Trinajstić information content (AvgIpc) is 3.49. The van der Waals surface area contributed by atoms with E-state index in [4.69, 9.17) is 18.9 Å². The van der Waals surface area contributed by atoms with Gasteiger partial charge in [-0.05, 0) is 51.4 Å². The molecule has 0 aromatic rings. The number of carbonyl (C=O) groups is 8. The highest BCUT2D eigenvalue weighted by Crippen LogP contribution is 2.40. The monoisotopic (exact) mass is 534 g/mol. The summed E-state index contributed by atoms with van der Waals surface area (Å²) in [5.74, 6) is -11.6. The average molecular weight is 535 g/mol. The quantitative estimate of drug-likeness (QED) is 0.212. The molecule has 0 aromatic heterocycles. The molecule has 4 heterocycles. The van der Waals surface area contributed by atoms with Gasteiger partial charge < -0.3 is 18.9 Å². The zero-order chi connectivity index (χ0) is 27.7. The van der Waals surface area contributed by atoms with Gasteiger partial charge in [0.2, 0.25) is 0 Å². The van der Waals surface area contributed by atoms with Gasteiger partial charge in [-0.25, -0.2) is 0 Å². The van der Waals surface area contributed by atoms with Gasteiger partial charge in [-0.15, -0.1) is 0 Å². The molecule has 4 rings (SSSR count). The molecule has 206 valence electrons. The molecule has 0 amide bonds. The van der Waals surface area contributed by atoms with Gasteiger partial charge >= 0.3 is 47.8 Å². The van der Waals surface area contributed by atoms with Crippen LogP contribution in [0.3, 0.4) is 0 Å². The Morgan fingerprint density at radius 3 is 0.684 bits per heavy atom. The Labute approximate surface area is 218 Å². The second kappa shape index (κ2) is 11.1. The first kappa shape index (κ1) is 27.6. The second-order valence-corrected chi connectivity index (χ2v) is 10.4. The Morgan fingerprint density at radius 1 is 0.342 bits per heavy atom. The molecule has 12 nitrogen and oxygen atoms in total. The van der Waals surface area contributed by atoms with Crippen LogP contribution in [-0.4, -0.2) is 47.8 Å². The van der Waals surface area contributed by atoms with Crippen LogP contribution in [0.15, 0.2) is 0 Å². The third kappa shape index (κ3) is 5.12. The zero-order valence-electron chi connectivity index (χ0n) is 21.2. The maximum atomic E-state index is 12.4. The van der Waals surface area contributed by atoms with E-state index in [1.54, 1.807) is 13.8 Å². The van der Waals surface area contributed by atoms with Gasteiger partial charge in [0, 0.05) is 0 Å². The molecular weight excluding hydrogens is 504 g/mol. The molecule has 38 heavy (non-hydrogen) atoms. The minimum atomic E-state index is -0.883. The van der Waals surface area contributed by atoms with Crippen LogP contribution in [-0.2, 0) is 57.3 Å². The lowest BCUT2D eigenvalue weighted by atomic mass is 9.78. The lowest BCUT2D eigenvalue weighted by molar-refractivity contribution is -0.156. The Balaban J connectivity index is 1.38. The Hall–Kier alpha value is -3.44. The summed E-state index contributed by atoms with van der Waals surface area (Å²) in [6, 6.07) is 0. The molecular formula is C26H30O12. The largest absolute Gasteiger partial charge is 0.393 e. The van der Waals surface area contributed by atoms with Gasteiger partial charge in [0.25, 0.3) is 0 Å². The smallest absolute Gasteiger partial charge is 0.317 e. The molecule has 0 aromatic carbocycles. The van der Waals surface area contributed by atoms with Crippen LogP contribution in [0.2, 0.25) is 0 Å². The Kier molecular flexibility index (Phi) is 8.08. The molecule has 0 aliphatic carbocycles. The van der Waals surface area contributed by atoms with E-state index in [9.17, 15) is 38.4 Å². The van der Waals surface area contributed by atoms with Crippen LogP contribution in [0, 0.1) is 47.3 Å². The highest BCUT2D eigenvalue weighted by Gasteiger charge is 2.50. The summed E-state index contributed by atoms with van der Waals surface area (Å²) in [5.41, 5.74) is 0. The van der Waals surface area contributed by atoms with Crippen molar-refractivity contribution in [1.29, 1.82) is 0 Å². The molecule has 0 saturated carbocycles. The first-order valence-corrected chi connectivity index (χ1v) is 13.1. The predicted molar refractivity (Wildman–Crippen MR) is 121 cm³/mol. The van der Waals surface area contributed by atoms with Crippen molar-refractivity contribution in [2.75, 3.05) is 0 Å². The highest BCUT2D eigenvalue weighted by atomic mass is 16.6. The third-order valence-corrected chi connectivity index (χ3v) is 8.42. The van der Waals surface area contributed by atoms with Crippen molar-refractivity contribution < 1.29 is 57.3 Å². The summed E-state index contributed by atoms with van der Waals surface area (Å²) in [4.78, 5) is 97.5. The van der Waals surface area contributed by atoms with E-state index in [-0.39, 0.29) is 38.5 Å². The minimum Gasteiger partial charge on any atom is -0.393 e. The van der Waals surface area contributed by atoms with E-state index < -0.39 is 95.1 Å². The van der Waals surface area contributed by atoms with Crippen molar-refractivity contribution in [3.63, 3.8) is 0 Å². The summed E-state index contributed by atoms with van der Waals surface area (Å²) in [6.07, 6.45) is 1.48. The van der Waals surface area contributed by atoms with Gasteiger partial charge in [0.15, 0.2) is 0 Å². The minimum absolute atomic E-state index is 0.0611. The molecule has 4 aliphatic heterocycles. The molecule has 0 radical (unpaired) electrons. The summed E-state index contributed by atoms with van der Waals surface area (Å²) >= 11 is 0. The second-order valence-electron chi connectivity index (χ2n) is 10.4. The first-order chi connectivity index (χ1) is 18.1. The van der Waals surface area contributed by atoms with Crippen LogP contribution in [0.5, 0.6) is 0 Å². The molecule has 8 atom stereocenters. The van der Waals surface area contributed by atoms with Crippen molar-refractivity contribution in [2.24, 2.45) is 47.3 Å². The lowest BCUT2D eigenvalue weighted by Gasteiger charge is -2.19. The number of esters is 8. The van der Waals surface area contributed by atoms with E-state index in [0.717, 1.165) is 0 Å². The van der Waals surface area contributed by atoms with Gasteiger partial charge in [-0.1, -0.05) is 13.8 Å². The van der Waals surface area contributed by atoms with Crippen LogP contribution in [0.4, 0.5) is 0 Å². The van der Waals surface area contributed by atoms with Crippen LogP contribution in [0.1, 0.15) is 65.2 Å². The number of cyclic esters (lactones) is 8. The van der Waals surface area contributed by atoms with Crippen molar-refractivity contribution >= 4 is 47.8 Å². The SMILES string of the molecule is CCC1C(=O)OC(=O)C1CCC1C(=O)OC(=O)C1CCC1C(=O)OC(=O)C1CCC1C(=O)OC(=O)C1CC. The summed E-state index contributed by atoms with van der Waals surface area (Å²) < 4.78 is 19.1. The zero-order valence-corrected chi connectivity index (χ0v) is 21.2. The van der Waals surface area contributed by atoms with Gasteiger partial charge in [0.1, 0.15) is 0 Å². The molecule has 4 saturated heterocycles.